The molecule has 6 nitrogen and oxygen atoms in total. The van der Waals surface area contributed by atoms with Gasteiger partial charge in [0, 0.05) is 6.54 Å². The molecule has 3 heterocycles. The molecule has 1 saturated heterocycles. The number of rotatable bonds is 3. The number of tetrazole rings is 1. The van der Waals surface area contributed by atoms with Gasteiger partial charge in [-0.3, -0.25) is 4.90 Å². The summed E-state index contributed by atoms with van der Waals surface area (Å²) in [7, 11) is 0. The van der Waals surface area contributed by atoms with Crippen molar-refractivity contribution in [3.63, 3.8) is 0 Å². The summed E-state index contributed by atoms with van der Waals surface area (Å²) in [6.07, 6.45) is -3.60. The van der Waals surface area contributed by atoms with Crippen LogP contribution in [0.15, 0.2) is 22.3 Å². The number of halogens is 3. The van der Waals surface area contributed by atoms with Crippen LogP contribution in [-0.2, 0) is 6.67 Å². The molecule has 3 rings (SSSR count). The van der Waals surface area contributed by atoms with Crippen LogP contribution in [0.4, 0.5) is 13.2 Å². The molecule has 10 heteroatoms. The number of nitrogens with zero attached hydrogens (tertiary/aromatic N) is 5. The maximum Gasteiger partial charge on any atom is 0.393 e. The number of thiophene rings is 1. The second kappa shape index (κ2) is 5.84. The zero-order valence-electron chi connectivity index (χ0n) is 11.5. The van der Waals surface area contributed by atoms with Crippen LogP contribution in [0.5, 0.6) is 0 Å². The molecule has 0 radical (unpaired) electrons. The highest BCUT2D eigenvalue weighted by molar-refractivity contribution is 7.12. The Labute approximate surface area is 127 Å². The highest BCUT2D eigenvalue weighted by Gasteiger charge is 2.41. The van der Waals surface area contributed by atoms with E-state index in [2.05, 4.69) is 10.4 Å². The number of likely N-dealkylation sites (tertiary alicyclic amines) is 1. The lowest BCUT2D eigenvalue weighted by molar-refractivity contribution is -0.188. The minimum absolute atomic E-state index is 0.0246. The molecule has 0 saturated carbocycles. The maximum absolute atomic E-state index is 12.8. The molecule has 0 amide bonds. The topological polar surface area (TPSA) is 56.0 Å². The summed E-state index contributed by atoms with van der Waals surface area (Å²) in [6, 6.07) is 3.51. The molecule has 0 aliphatic carbocycles. The minimum Gasteiger partial charge on any atom is -0.284 e. The second-order valence-electron chi connectivity index (χ2n) is 5.22. The van der Waals surface area contributed by atoms with Crippen molar-refractivity contribution >= 4 is 11.3 Å². The maximum atomic E-state index is 12.8. The first-order valence-corrected chi connectivity index (χ1v) is 7.69. The largest absolute Gasteiger partial charge is 0.393 e. The van der Waals surface area contributed by atoms with Gasteiger partial charge in [-0.05, 0) is 47.3 Å². The molecule has 1 aliphatic rings. The van der Waals surface area contributed by atoms with E-state index in [0.29, 0.717) is 18.0 Å². The predicted molar refractivity (Wildman–Crippen MR) is 73.8 cm³/mol. The number of alkyl halides is 3. The van der Waals surface area contributed by atoms with Gasteiger partial charge in [0.05, 0.1) is 5.92 Å². The highest BCUT2D eigenvalue weighted by Crippen LogP contribution is 2.33. The molecule has 0 aromatic carbocycles. The lowest BCUT2D eigenvalue weighted by atomic mass is 9.98. The number of hydrogen-bond acceptors (Lipinski definition) is 5. The summed E-state index contributed by atoms with van der Waals surface area (Å²) in [4.78, 5) is 13.8. The van der Waals surface area contributed by atoms with Crippen LogP contribution in [0.2, 0.25) is 0 Å². The van der Waals surface area contributed by atoms with Crippen LogP contribution in [0.3, 0.4) is 0 Å². The lowest BCUT2D eigenvalue weighted by Crippen LogP contribution is -2.44. The fourth-order valence-corrected chi connectivity index (χ4v) is 3.20. The van der Waals surface area contributed by atoms with Crippen LogP contribution in [0.1, 0.15) is 12.8 Å². The van der Waals surface area contributed by atoms with Gasteiger partial charge >= 0.3 is 11.9 Å². The quantitative estimate of drug-likeness (QED) is 0.858. The molecule has 0 bridgehead atoms. The van der Waals surface area contributed by atoms with E-state index in [9.17, 15) is 18.0 Å². The lowest BCUT2D eigenvalue weighted by Gasteiger charge is -2.33. The summed E-state index contributed by atoms with van der Waals surface area (Å²) in [6.45, 7) is 0.434. The monoisotopic (exact) mass is 333 g/mol. The van der Waals surface area contributed by atoms with Crippen molar-refractivity contribution < 1.29 is 13.2 Å². The summed E-state index contributed by atoms with van der Waals surface area (Å²) in [5.74, 6) is -1.34. The van der Waals surface area contributed by atoms with Gasteiger partial charge in [0.1, 0.15) is 11.7 Å². The Balaban J connectivity index is 1.73. The van der Waals surface area contributed by atoms with Crippen LogP contribution in [0.25, 0.3) is 5.00 Å². The van der Waals surface area contributed by atoms with Crippen molar-refractivity contribution in [2.45, 2.75) is 25.7 Å². The molecule has 1 fully saturated rings. The van der Waals surface area contributed by atoms with Crippen molar-refractivity contribution in [1.29, 1.82) is 0 Å². The normalized spacial score (nSPS) is 20.4. The van der Waals surface area contributed by atoms with Crippen LogP contribution in [0, 0.1) is 5.92 Å². The average molecular weight is 333 g/mol. The molecule has 2 aromatic rings. The zero-order valence-corrected chi connectivity index (χ0v) is 12.3. The van der Waals surface area contributed by atoms with Crippen LogP contribution >= 0.6 is 11.3 Å². The van der Waals surface area contributed by atoms with Crippen LogP contribution < -0.4 is 5.69 Å². The Morgan fingerprint density at radius 3 is 2.86 bits per heavy atom. The standard InChI is InChI=1S/C12H14F3N5OS/c13-12(14,15)9-3-1-5-18(7-9)8-19-11(21)20(17-16-19)10-4-2-6-22-10/h2,4,6,9H,1,3,5,7-8H2/t9-/m0/s1. The third-order valence-corrected chi connectivity index (χ3v) is 4.50. The molecular formula is C12H14F3N5OS. The van der Waals surface area contributed by atoms with E-state index in [1.165, 1.54) is 11.3 Å². The Kier molecular flexibility index (Phi) is 4.04. The first-order valence-electron chi connectivity index (χ1n) is 6.81. The SMILES string of the molecule is O=c1n(CN2CCC[C@H](C(F)(F)F)C2)nnn1-c1cccs1. The summed E-state index contributed by atoms with van der Waals surface area (Å²) < 4.78 is 40.6. The van der Waals surface area contributed by atoms with Gasteiger partial charge in [0.25, 0.3) is 0 Å². The second-order valence-corrected chi connectivity index (χ2v) is 6.15. The van der Waals surface area contributed by atoms with E-state index in [4.69, 9.17) is 0 Å². The third kappa shape index (κ3) is 3.07. The van der Waals surface area contributed by atoms with E-state index < -0.39 is 17.8 Å². The van der Waals surface area contributed by atoms with Crippen molar-refractivity contribution in [2.75, 3.05) is 13.1 Å². The van der Waals surface area contributed by atoms with E-state index in [1.807, 2.05) is 0 Å². The Hall–Kier alpha value is -1.68. The van der Waals surface area contributed by atoms with Crippen molar-refractivity contribution in [1.82, 2.24) is 24.7 Å². The number of aromatic nitrogens is 4. The molecule has 0 unspecified atom stereocenters. The van der Waals surface area contributed by atoms with Crippen molar-refractivity contribution in [3.05, 3.63) is 28.0 Å². The van der Waals surface area contributed by atoms with Crippen molar-refractivity contribution in [2.24, 2.45) is 5.92 Å². The van der Waals surface area contributed by atoms with E-state index in [-0.39, 0.29) is 19.6 Å². The predicted octanol–water partition coefficient (Wildman–Crippen LogP) is 1.72. The van der Waals surface area contributed by atoms with Gasteiger partial charge in [-0.1, -0.05) is 0 Å². The van der Waals surface area contributed by atoms with Crippen molar-refractivity contribution in [3.8, 4) is 5.00 Å². The van der Waals surface area contributed by atoms with Gasteiger partial charge in [-0.25, -0.2) is 4.79 Å². The van der Waals surface area contributed by atoms with E-state index in [1.54, 1.807) is 22.4 Å². The van der Waals surface area contributed by atoms with E-state index in [0.717, 1.165) is 9.36 Å². The molecule has 0 spiro atoms. The smallest absolute Gasteiger partial charge is 0.284 e. The first kappa shape index (κ1) is 15.2. The Bertz CT molecular complexity index is 678. The molecule has 1 atom stereocenters. The first-order chi connectivity index (χ1) is 10.4. The summed E-state index contributed by atoms with van der Waals surface area (Å²) in [5.41, 5.74) is -0.448. The Morgan fingerprint density at radius 1 is 1.36 bits per heavy atom. The van der Waals surface area contributed by atoms with E-state index >= 15 is 0 Å². The number of piperidine rings is 1. The van der Waals surface area contributed by atoms with Crippen LogP contribution in [-0.4, -0.2) is 44.0 Å². The minimum atomic E-state index is -4.20. The molecule has 1 aliphatic heterocycles. The van der Waals surface area contributed by atoms with Gasteiger partial charge in [0.2, 0.25) is 0 Å². The molecule has 2 aromatic heterocycles. The fourth-order valence-electron chi connectivity index (χ4n) is 2.53. The van der Waals surface area contributed by atoms with Gasteiger partial charge < -0.3 is 0 Å². The van der Waals surface area contributed by atoms with Gasteiger partial charge in [-0.15, -0.1) is 11.3 Å². The number of hydrogen-bond donors (Lipinski definition) is 0. The Morgan fingerprint density at radius 2 is 2.18 bits per heavy atom. The molecule has 22 heavy (non-hydrogen) atoms. The molecular weight excluding hydrogens is 319 g/mol. The third-order valence-electron chi connectivity index (χ3n) is 3.66. The summed E-state index contributed by atoms with van der Waals surface area (Å²) in [5, 5.41) is 9.96. The average Bonchev–Trinajstić information content (AvgIpc) is 3.09. The molecule has 0 N–H and O–H groups in total. The zero-order chi connectivity index (χ0) is 15.7. The highest BCUT2D eigenvalue weighted by atomic mass is 32.1. The van der Waals surface area contributed by atoms with Gasteiger partial charge in [0.15, 0.2) is 0 Å². The fraction of sp³-hybridized carbons (Fsp3) is 0.583. The summed E-state index contributed by atoms with van der Waals surface area (Å²) >= 11 is 1.34. The van der Waals surface area contributed by atoms with Gasteiger partial charge in [-0.2, -0.15) is 22.5 Å². The molecule has 120 valence electrons.